The summed E-state index contributed by atoms with van der Waals surface area (Å²) in [6, 6.07) is 0. The quantitative estimate of drug-likeness (QED) is 0.727. The molecule has 0 aromatic rings. The fraction of sp³-hybridized carbons (Fsp3) is 0.769. The van der Waals surface area contributed by atoms with Crippen LogP contribution in [0.2, 0.25) is 0 Å². The van der Waals surface area contributed by atoms with Crippen molar-refractivity contribution < 1.29 is 9.90 Å². The maximum atomic E-state index is 11.9. The molecule has 1 rings (SSSR count). The zero-order chi connectivity index (χ0) is 11.6. The van der Waals surface area contributed by atoms with Gasteiger partial charge in [0, 0.05) is 6.42 Å². The van der Waals surface area contributed by atoms with E-state index in [1.165, 1.54) is 0 Å². The molecular weight excluding hydrogens is 188 g/mol. The van der Waals surface area contributed by atoms with Gasteiger partial charge in [-0.05, 0) is 18.8 Å². The predicted octanol–water partition coefficient (Wildman–Crippen LogP) is 2.71. The van der Waals surface area contributed by atoms with Crippen molar-refractivity contribution in [2.75, 3.05) is 0 Å². The molecule has 86 valence electrons. The zero-order valence-electron chi connectivity index (χ0n) is 10.2. The van der Waals surface area contributed by atoms with Crippen LogP contribution < -0.4 is 0 Å². The molecule has 15 heavy (non-hydrogen) atoms. The van der Waals surface area contributed by atoms with Gasteiger partial charge in [-0.25, -0.2) is 0 Å². The molecule has 0 fully saturated rings. The van der Waals surface area contributed by atoms with Gasteiger partial charge >= 0.3 is 0 Å². The first-order chi connectivity index (χ1) is 6.87. The van der Waals surface area contributed by atoms with E-state index in [0.717, 1.165) is 12.0 Å². The van der Waals surface area contributed by atoms with Crippen LogP contribution in [0.1, 0.15) is 47.0 Å². The van der Waals surface area contributed by atoms with Crippen molar-refractivity contribution in [1.29, 1.82) is 0 Å². The van der Waals surface area contributed by atoms with Crippen molar-refractivity contribution in [3.05, 3.63) is 11.6 Å². The fourth-order valence-electron chi connectivity index (χ4n) is 2.55. The van der Waals surface area contributed by atoms with Crippen LogP contribution in [-0.2, 0) is 4.79 Å². The van der Waals surface area contributed by atoms with Gasteiger partial charge in [-0.3, -0.25) is 4.79 Å². The lowest BCUT2D eigenvalue weighted by Gasteiger charge is -2.33. The molecule has 0 aromatic carbocycles. The highest BCUT2D eigenvalue weighted by molar-refractivity contribution is 5.86. The van der Waals surface area contributed by atoms with E-state index >= 15 is 0 Å². The molecule has 0 saturated carbocycles. The molecule has 0 amide bonds. The Morgan fingerprint density at radius 1 is 1.60 bits per heavy atom. The highest BCUT2D eigenvalue weighted by atomic mass is 16.3. The Balaban J connectivity index is 2.87. The second-order valence-corrected chi connectivity index (χ2v) is 5.35. The van der Waals surface area contributed by atoms with Crippen molar-refractivity contribution >= 4 is 5.78 Å². The summed E-state index contributed by atoms with van der Waals surface area (Å²) in [6.45, 7) is 8.12. The van der Waals surface area contributed by atoms with Crippen LogP contribution in [0.4, 0.5) is 0 Å². The maximum Gasteiger partial charge on any atom is 0.143 e. The average molecular weight is 210 g/mol. The summed E-state index contributed by atoms with van der Waals surface area (Å²) in [5, 5.41) is 9.92. The van der Waals surface area contributed by atoms with Gasteiger partial charge in [-0.1, -0.05) is 38.8 Å². The van der Waals surface area contributed by atoms with E-state index in [9.17, 15) is 9.90 Å². The topological polar surface area (TPSA) is 37.3 Å². The average Bonchev–Trinajstić information content (AvgIpc) is 1.99. The first-order valence-electron chi connectivity index (χ1n) is 5.77. The Morgan fingerprint density at radius 2 is 2.20 bits per heavy atom. The fourth-order valence-corrected chi connectivity index (χ4v) is 2.55. The molecule has 0 heterocycles. The van der Waals surface area contributed by atoms with Gasteiger partial charge in [-0.15, -0.1) is 0 Å². The first kappa shape index (κ1) is 12.4. The van der Waals surface area contributed by atoms with Crippen molar-refractivity contribution in [3.8, 4) is 0 Å². The van der Waals surface area contributed by atoms with E-state index in [1.54, 1.807) is 0 Å². The van der Waals surface area contributed by atoms with Gasteiger partial charge < -0.3 is 5.11 Å². The van der Waals surface area contributed by atoms with Crippen LogP contribution in [0.3, 0.4) is 0 Å². The molecule has 0 spiro atoms. The van der Waals surface area contributed by atoms with E-state index < -0.39 is 6.10 Å². The minimum Gasteiger partial charge on any atom is -0.392 e. The van der Waals surface area contributed by atoms with E-state index in [4.69, 9.17) is 0 Å². The molecule has 1 N–H and O–H groups in total. The van der Waals surface area contributed by atoms with Crippen LogP contribution >= 0.6 is 0 Å². The lowest BCUT2D eigenvalue weighted by molar-refractivity contribution is -0.127. The van der Waals surface area contributed by atoms with Crippen LogP contribution in [-0.4, -0.2) is 17.0 Å². The van der Waals surface area contributed by atoms with Crippen molar-refractivity contribution in [3.63, 3.8) is 0 Å². The second-order valence-electron chi connectivity index (χ2n) is 5.35. The zero-order valence-corrected chi connectivity index (χ0v) is 10.2. The second kappa shape index (κ2) is 4.48. The molecule has 2 atom stereocenters. The summed E-state index contributed by atoms with van der Waals surface area (Å²) < 4.78 is 0. The molecule has 0 aliphatic heterocycles. The Bertz CT molecular complexity index is 276. The molecule has 2 unspecified atom stereocenters. The number of carbonyl (C=O) groups is 1. The molecule has 1 aliphatic rings. The lowest BCUT2D eigenvalue weighted by Crippen LogP contribution is -2.36. The summed E-state index contributed by atoms with van der Waals surface area (Å²) in [4.78, 5) is 11.9. The van der Waals surface area contributed by atoms with Crippen molar-refractivity contribution in [2.24, 2.45) is 11.3 Å². The molecule has 0 saturated heterocycles. The van der Waals surface area contributed by atoms with E-state index in [0.29, 0.717) is 12.8 Å². The van der Waals surface area contributed by atoms with Gasteiger partial charge in [0.05, 0.1) is 12.0 Å². The number of aliphatic hydroxyl groups excluding tert-OH is 1. The van der Waals surface area contributed by atoms with Crippen molar-refractivity contribution in [2.45, 2.75) is 53.1 Å². The molecule has 0 aromatic heterocycles. The van der Waals surface area contributed by atoms with Crippen LogP contribution in [0.15, 0.2) is 11.6 Å². The number of hydrogen-bond acceptors (Lipinski definition) is 2. The lowest BCUT2D eigenvalue weighted by atomic mass is 9.72. The SMILES string of the molecule is CCCC(O)C1C(=O)CC(C)(C)C=C1C. The van der Waals surface area contributed by atoms with Crippen LogP contribution in [0.5, 0.6) is 0 Å². The molecule has 0 bridgehead atoms. The smallest absolute Gasteiger partial charge is 0.143 e. The summed E-state index contributed by atoms with van der Waals surface area (Å²) in [7, 11) is 0. The van der Waals surface area contributed by atoms with Crippen molar-refractivity contribution in [1.82, 2.24) is 0 Å². The molecule has 1 aliphatic carbocycles. The number of ketones is 1. The summed E-state index contributed by atoms with van der Waals surface area (Å²) in [5.74, 6) is -0.0566. The minimum absolute atomic E-state index is 0.0381. The molecule has 0 radical (unpaired) electrons. The maximum absolute atomic E-state index is 11.9. The van der Waals surface area contributed by atoms with E-state index in [2.05, 4.69) is 19.9 Å². The summed E-state index contributed by atoms with van der Waals surface area (Å²) >= 11 is 0. The number of aliphatic hydroxyl groups is 1. The third-order valence-corrected chi connectivity index (χ3v) is 3.05. The minimum atomic E-state index is -0.491. The number of hydrogen-bond donors (Lipinski definition) is 1. The van der Waals surface area contributed by atoms with Crippen LogP contribution in [0.25, 0.3) is 0 Å². The van der Waals surface area contributed by atoms with E-state index in [1.807, 2.05) is 13.8 Å². The Kier molecular flexibility index (Phi) is 3.72. The molecule has 2 nitrogen and oxygen atoms in total. The van der Waals surface area contributed by atoms with Gasteiger partial charge in [0.2, 0.25) is 0 Å². The number of allylic oxidation sites excluding steroid dienone is 1. The summed E-state index contributed by atoms with van der Waals surface area (Å²) in [6.07, 6.45) is 3.83. The standard InChI is InChI=1S/C13H22O2/c1-5-6-10(14)12-9(2)7-13(3,4)8-11(12)15/h7,10,12,14H,5-6,8H2,1-4H3. The third kappa shape index (κ3) is 2.91. The number of rotatable bonds is 3. The number of carbonyl (C=O) groups excluding carboxylic acids is 1. The van der Waals surface area contributed by atoms with Gasteiger partial charge in [0.15, 0.2) is 0 Å². The van der Waals surface area contributed by atoms with Gasteiger partial charge in [-0.2, -0.15) is 0 Å². The van der Waals surface area contributed by atoms with E-state index in [-0.39, 0.29) is 17.1 Å². The number of Topliss-reactive ketones (excluding diaryl/α,β-unsaturated/α-hetero) is 1. The normalized spacial score (nSPS) is 27.4. The van der Waals surface area contributed by atoms with Gasteiger partial charge in [0.1, 0.15) is 5.78 Å². The third-order valence-electron chi connectivity index (χ3n) is 3.05. The Morgan fingerprint density at radius 3 is 2.67 bits per heavy atom. The Labute approximate surface area is 92.4 Å². The molecular formula is C13H22O2. The first-order valence-corrected chi connectivity index (χ1v) is 5.77. The highest BCUT2D eigenvalue weighted by Gasteiger charge is 2.35. The summed E-state index contributed by atoms with van der Waals surface area (Å²) in [5.41, 5.74) is 1.00. The highest BCUT2D eigenvalue weighted by Crippen LogP contribution is 2.36. The van der Waals surface area contributed by atoms with Crippen LogP contribution in [0, 0.1) is 11.3 Å². The monoisotopic (exact) mass is 210 g/mol. The van der Waals surface area contributed by atoms with Gasteiger partial charge in [0.25, 0.3) is 0 Å². The molecule has 2 heteroatoms. The Hall–Kier alpha value is -0.630. The predicted molar refractivity (Wildman–Crippen MR) is 61.6 cm³/mol. The largest absolute Gasteiger partial charge is 0.392 e.